The lowest BCUT2D eigenvalue weighted by molar-refractivity contribution is -0.115. The minimum absolute atomic E-state index is 0.133. The number of rotatable bonds is 9. The second-order valence-corrected chi connectivity index (χ2v) is 9.08. The molecule has 2 aromatic heterocycles. The van der Waals surface area contributed by atoms with Gasteiger partial charge in [0.1, 0.15) is 17.4 Å². The van der Waals surface area contributed by atoms with Crippen LogP contribution in [-0.4, -0.2) is 41.0 Å². The first kappa shape index (κ1) is 23.0. The van der Waals surface area contributed by atoms with Crippen LogP contribution in [0.25, 0.3) is 11.1 Å². The lowest BCUT2D eigenvalue weighted by atomic mass is 10.2. The van der Waals surface area contributed by atoms with Gasteiger partial charge in [0.25, 0.3) is 0 Å². The van der Waals surface area contributed by atoms with Gasteiger partial charge in [0.2, 0.25) is 5.91 Å². The van der Waals surface area contributed by atoms with Gasteiger partial charge < -0.3 is 19.4 Å². The molecule has 2 heterocycles. The predicted octanol–water partition coefficient (Wildman–Crippen LogP) is 4.03. The predicted molar refractivity (Wildman–Crippen MR) is 129 cm³/mol. The number of amides is 1. The molecular weight excluding hydrogens is 464 g/mol. The second-order valence-electron chi connectivity index (χ2n) is 7.71. The maximum absolute atomic E-state index is 12.6. The van der Waals surface area contributed by atoms with Crippen molar-refractivity contribution in [2.45, 2.75) is 19.6 Å². The molecule has 0 saturated carbocycles. The van der Waals surface area contributed by atoms with E-state index in [1.807, 2.05) is 24.4 Å². The summed E-state index contributed by atoms with van der Waals surface area (Å²) in [6.07, 6.45) is 0.133. The Morgan fingerprint density at radius 3 is 2.79 bits per heavy atom. The molecule has 0 bridgehead atoms. The van der Waals surface area contributed by atoms with Gasteiger partial charge in [-0.2, -0.15) is 0 Å². The van der Waals surface area contributed by atoms with Crippen molar-refractivity contribution in [2.24, 2.45) is 0 Å². The first-order valence-electron chi connectivity index (χ1n) is 10.3. The van der Waals surface area contributed by atoms with Gasteiger partial charge in [0.05, 0.1) is 17.6 Å². The number of aromatic nitrogens is 2. The van der Waals surface area contributed by atoms with Crippen LogP contribution in [0.15, 0.2) is 57.1 Å². The number of carbonyl (C=O) groups is 1. The largest absolute Gasteiger partial charge is 0.486 e. The summed E-state index contributed by atoms with van der Waals surface area (Å²) in [6.45, 7) is 1.50. The van der Waals surface area contributed by atoms with E-state index in [4.69, 9.17) is 20.8 Å². The van der Waals surface area contributed by atoms with Crippen LogP contribution < -0.4 is 15.8 Å². The first-order valence-corrected chi connectivity index (χ1v) is 11.5. The molecule has 0 radical (unpaired) electrons. The lowest BCUT2D eigenvalue weighted by Gasteiger charge is -2.10. The molecule has 1 N–H and O–H groups in total. The number of hydrogen-bond acceptors (Lipinski definition) is 7. The molecule has 0 aliphatic carbocycles. The molecule has 0 saturated heterocycles. The Morgan fingerprint density at radius 2 is 2.03 bits per heavy atom. The molecule has 0 aliphatic rings. The number of hydrogen-bond donors (Lipinski definition) is 1. The van der Waals surface area contributed by atoms with Gasteiger partial charge in [-0.15, -0.1) is 11.3 Å². The summed E-state index contributed by atoms with van der Waals surface area (Å²) in [5.41, 5.74) is 2.39. The summed E-state index contributed by atoms with van der Waals surface area (Å²) in [6, 6.07) is 12.3. The van der Waals surface area contributed by atoms with Crippen LogP contribution in [0.1, 0.15) is 10.7 Å². The zero-order valence-corrected chi connectivity index (χ0v) is 19.8. The summed E-state index contributed by atoms with van der Waals surface area (Å²) in [7, 11) is 3.87. The van der Waals surface area contributed by atoms with Crippen molar-refractivity contribution >= 4 is 45.6 Å². The van der Waals surface area contributed by atoms with Gasteiger partial charge in [-0.1, -0.05) is 11.6 Å². The van der Waals surface area contributed by atoms with E-state index < -0.39 is 5.76 Å². The fourth-order valence-corrected chi connectivity index (χ4v) is 4.02. The van der Waals surface area contributed by atoms with Crippen LogP contribution in [0.2, 0.25) is 5.02 Å². The van der Waals surface area contributed by atoms with Crippen LogP contribution in [0.3, 0.4) is 0 Å². The normalized spacial score (nSPS) is 11.3. The van der Waals surface area contributed by atoms with Crippen molar-refractivity contribution in [3.05, 3.63) is 74.1 Å². The number of benzene rings is 2. The van der Waals surface area contributed by atoms with E-state index in [0.29, 0.717) is 52.9 Å². The van der Waals surface area contributed by atoms with E-state index in [1.165, 1.54) is 11.3 Å². The highest BCUT2D eigenvalue weighted by Gasteiger charge is 2.13. The van der Waals surface area contributed by atoms with Gasteiger partial charge in [-0.05, 0) is 56.6 Å². The van der Waals surface area contributed by atoms with Crippen LogP contribution in [-0.2, 0) is 24.4 Å². The maximum Gasteiger partial charge on any atom is 0.419 e. The van der Waals surface area contributed by atoms with E-state index >= 15 is 0 Å². The Balaban J connectivity index is 1.37. The average molecular weight is 487 g/mol. The standard InChI is InChI=1S/C23H23ClN4O4S/c1-27(2)9-10-28-19-11-16(5-8-20(19)32-23(28)30)25-21(29)12-17-14-33-22(26-17)13-31-18-6-3-15(24)4-7-18/h3-8,11,14H,9-10,12-13H2,1-2H3,(H,25,29). The topological polar surface area (TPSA) is 89.6 Å². The molecule has 8 nitrogen and oxygen atoms in total. The Labute approximate surface area is 199 Å². The smallest absolute Gasteiger partial charge is 0.419 e. The van der Waals surface area contributed by atoms with E-state index in [-0.39, 0.29) is 12.3 Å². The van der Waals surface area contributed by atoms with Crippen LogP contribution in [0, 0.1) is 0 Å². The SMILES string of the molecule is CN(C)CCn1c(=O)oc2ccc(NC(=O)Cc3csc(COc4ccc(Cl)cc4)n3)cc21. The van der Waals surface area contributed by atoms with E-state index in [2.05, 4.69) is 10.3 Å². The number of fused-ring (bicyclic) bond motifs is 1. The fraction of sp³-hybridized carbons (Fsp3) is 0.261. The monoisotopic (exact) mass is 486 g/mol. The van der Waals surface area contributed by atoms with Crippen molar-refractivity contribution in [2.75, 3.05) is 26.0 Å². The Kier molecular flexibility index (Phi) is 7.12. The molecular formula is C23H23ClN4O4S. The Bertz CT molecular complexity index is 1310. The summed E-state index contributed by atoms with van der Waals surface area (Å²) in [5.74, 6) is 0.0919. The number of oxazole rings is 1. The van der Waals surface area contributed by atoms with Gasteiger partial charge in [-0.25, -0.2) is 9.78 Å². The minimum Gasteiger partial charge on any atom is -0.486 e. The molecule has 1 amide bonds. The average Bonchev–Trinajstić information content (AvgIpc) is 3.34. The van der Waals surface area contributed by atoms with Gasteiger partial charge in [-0.3, -0.25) is 9.36 Å². The molecule has 4 aromatic rings. The molecule has 4 rings (SSSR count). The quantitative estimate of drug-likeness (QED) is 0.384. The van der Waals surface area contributed by atoms with Crippen LogP contribution in [0.4, 0.5) is 5.69 Å². The third kappa shape index (κ3) is 6.01. The Hall–Kier alpha value is -3.14. The van der Waals surface area contributed by atoms with Gasteiger partial charge in [0.15, 0.2) is 5.58 Å². The summed E-state index contributed by atoms with van der Waals surface area (Å²) < 4.78 is 12.6. The van der Waals surface area contributed by atoms with E-state index in [1.54, 1.807) is 47.0 Å². The van der Waals surface area contributed by atoms with Gasteiger partial charge in [0, 0.05) is 29.2 Å². The number of halogens is 1. The molecule has 0 atom stereocenters. The summed E-state index contributed by atoms with van der Waals surface area (Å²) in [5, 5.41) is 6.14. The second kappa shape index (κ2) is 10.2. The zero-order chi connectivity index (χ0) is 23.4. The highest BCUT2D eigenvalue weighted by Crippen LogP contribution is 2.20. The Morgan fingerprint density at radius 1 is 1.24 bits per heavy atom. The third-order valence-corrected chi connectivity index (χ3v) is 5.96. The van der Waals surface area contributed by atoms with Crippen molar-refractivity contribution in [3.63, 3.8) is 0 Å². The molecule has 172 valence electrons. The number of anilines is 1. The molecule has 0 fully saturated rings. The number of nitrogens with zero attached hydrogens (tertiary/aromatic N) is 3. The molecule has 33 heavy (non-hydrogen) atoms. The third-order valence-electron chi connectivity index (χ3n) is 4.84. The maximum atomic E-state index is 12.6. The molecule has 0 unspecified atom stereocenters. The van der Waals surface area contributed by atoms with Crippen LogP contribution in [0.5, 0.6) is 5.75 Å². The fourth-order valence-electron chi connectivity index (χ4n) is 3.19. The number of ether oxygens (including phenoxy) is 1. The van der Waals surface area contributed by atoms with Gasteiger partial charge >= 0.3 is 5.76 Å². The highest BCUT2D eigenvalue weighted by atomic mass is 35.5. The van der Waals surface area contributed by atoms with E-state index in [9.17, 15) is 9.59 Å². The van der Waals surface area contributed by atoms with Crippen molar-refractivity contribution in [1.82, 2.24) is 14.5 Å². The number of nitrogens with one attached hydrogen (secondary N) is 1. The van der Waals surface area contributed by atoms with Crippen molar-refractivity contribution < 1.29 is 13.9 Å². The first-order chi connectivity index (χ1) is 15.9. The number of likely N-dealkylation sites (N-methyl/N-ethyl adjacent to an activating group) is 1. The summed E-state index contributed by atoms with van der Waals surface area (Å²) in [4.78, 5) is 31.2. The molecule has 0 aliphatic heterocycles. The lowest BCUT2D eigenvalue weighted by Crippen LogP contribution is -2.23. The van der Waals surface area contributed by atoms with Crippen molar-refractivity contribution in [3.8, 4) is 5.75 Å². The summed E-state index contributed by atoms with van der Waals surface area (Å²) >= 11 is 7.31. The molecule has 2 aromatic carbocycles. The number of thiazole rings is 1. The molecule has 10 heteroatoms. The van der Waals surface area contributed by atoms with Crippen LogP contribution >= 0.6 is 22.9 Å². The highest BCUT2D eigenvalue weighted by molar-refractivity contribution is 7.09. The number of carbonyl (C=O) groups excluding carboxylic acids is 1. The molecule has 0 spiro atoms. The van der Waals surface area contributed by atoms with E-state index in [0.717, 1.165) is 5.01 Å². The van der Waals surface area contributed by atoms with Crippen molar-refractivity contribution in [1.29, 1.82) is 0 Å². The minimum atomic E-state index is -0.411. The zero-order valence-electron chi connectivity index (χ0n) is 18.2.